The van der Waals surface area contributed by atoms with Gasteiger partial charge in [0, 0.05) is 36.9 Å². The molecule has 1 atom stereocenters. The highest BCUT2D eigenvalue weighted by Crippen LogP contribution is 2.34. The van der Waals surface area contributed by atoms with Crippen molar-refractivity contribution in [3.05, 3.63) is 72.1 Å². The fraction of sp³-hybridized carbons (Fsp3) is 0.320. The van der Waals surface area contributed by atoms with Gasteiger partial charge in [0.05, 0.1) is 13.0 Å². The van der Waals surface area contributed by atoms with E-state index in [1.807, 2.05) is 24.3 Å². The Labute approximate surface area is 193 Å². The maximum atomic E-state index is 12.9. The smallest absolute Gasteiger partial charge is 0.225 e. The van der Waals surface area contributed by atoms with Crippen LogP contribution in [0.5, 0.6) is 5.75 Å². The van der Waals surface area contributed by atoms with Gasteiger partial charge in [0.25, 0.3) is 0 Å². The minimum absolute atomic E-state index is 0.0683. The first-order valence-electron chi connectivity index (χ1n) is 10.8. The Bertz CT molecular complexity index is 1040. The van der Waals surface area contributed by atoms with Crippen LogP contribution in [0.1, 0.15) is 24.0 Å². The van der Waals surface area contributed by atoms with Crippen molar-refractivity contribution < 1.29 is 9.53 Å². The van der Waals surface area contributed by atoms with Gasteiger partial charge in [-0.15, -0.1) is 0 Å². The molecule has 0 bridgehead atoms. The van der Waals surface area contributed by atoms with Crippen molar-refractivity contribution >= 4 is 23.5 Å². The van der Waals surface area contributed by atoms with Gasteiger partial charge in [-0.05, 0) is 49.6 Å². The number of aryl methyl sites for hydroxylation is 1. The molecule has 2 heterocycles. The average molecular weight is 449 g/mol. The Morgan fingerprint density at radius 3 is 2.62 bits per heavy atom. The molecule has 166 valence electrons. The van der Waals surface area contributed by atoms with E-state index in [9.17, 15) is 4.79 Å². The third-order valence-corrected chi connectivity index (χ3v) is 6.59. The van der Waals surface area contributed by atoms with Crippen molar-refractivity contribution in [3.8, 4) is 5.75 Å². The Hall–Kier alpha value is -3.06. The molecular formula is C25H28N4O2S. The molecule has 4 rings (SSSR count). The fourth-order valence-corrected chi connectivity index (χ4v) is 4.67. The van der Waals surface area contributed by atoms with E-state index in [0.717, 1.165) is 46.4 Å². The lowest BCUT2D eigenvalue weighted by Gasteiger charge is -2.33. The minimum Gasteiger partial charge on any atom is -0.497 e. The van der Waals surface area contributed by atoms with Crippen LogP contribution in [0.2, 0.25) is 0 Å². The van der Waals surface area contributed by atoms with Crippen LogP contribution in [-0.2, 0) is 11.3 Å². The van der Waals surface area contributed by atoms with Gasteiger partial charge in [-0.25, -0.2) is 9.97 Å². The number of anilines is 1. The fourth-order valence-electron chi connectivity index (χ4n) is 3.79. The van der Waals surface area contributed by atoms with E-state index in [1.165, 1.54) is 5.56 Å². The number of carbonyl (C=O) groups is 1. The summed E-state index contributed by atoms with van der Waals surface area (Å²) in [5, 5.41) is 3.96. The highest BCUT2D eigenvalue weighted by atomic mass is 32.2. The number of methoxy groups -OCH3 is 1. The molecule has 0 unspecified atom stereocenters. The summed E-state index contributed by atoms with van der Waals surface area (Å²) in [6, 6.07) is 16.2. The molecule has 1 amide bonds. The SMILES string of the molecule is COc1ccc(CNC(=O)[C@H]2CCCN(c3nccnc3Sc3ccc(C)cc3)C2)cc1. The van der Waals surface area contributed by atoms with Gasteiger partial charge < -0.3 is 15.0 Å². The molecule has 1 fully saturated rings. The molecule has 1 aliphatic rings. The van der Waals surface area contributed by atoms with Crippen LogP contribution in [0.25, 0.3) is 0 Å². The van der Waals surface area contributed by atoms with E-state index >= 15 is 0 Å². The number of amides is 1. The zero-order valence-corrected chi connectivity index (χ0v) is 19.3. The molecule has 6 nitrogen and oxygen atoms in total. The lowest BCUT2D eigenvalue weighted by atomic mass is 9.97. The number of hydrogen-bond donors (Lipinski definition) is 1. The van der Waals surface area contributed by atoms with Gasteiger partial charge in [0.15, 0.2) is 5.82 Å². The third-order valence-electron chi connectivity index (χ3n) is 5.60. The summed E-state index contributed by atoms with van der Waals surface area (Å²) in [7, 11) is 1.65. The number of benzene rings is 2. The molecule has 3 aromatic rings. The van der Waals surface area contributed by atoms with Crippen molar-refractivity contribution in [1.82, 2.24) is 15.3 Å². The van der Waals surface area contributed by atoms with Gasteiger partial charge in [0.2, 0.25) is 5.91 Å². The van der Waals surface area contributed by atoms with Crippen LogP contribution >= 0.6 is 11.8 Å². The van der Waals surface area contributed by atoms with Crippen molar-refractivity contribution in [2.45, 2.75) is 36.2 Å². The summed E-state index contributed by atoms with van der Waals surface area (Å²) in [6.45, 7) is 4.12. The minimum atomic E-state index is -0.0683. The number of carbonyl (C=O) groups excluding carboxylic acids is 1. The van der Waals surface area contributed by atoms with Gasteiger partial charge >= 0.3 is 0 Å². The monoisotopic (exact) mass is 448 g/mol. The summed E-state index contributed by atoms with van der Waals surface area (Å²) in [5.41, 5.74) is 2.28. The Kier molecular flexibility index (Phi) is 7.27. The van der Waals surface area contributed by atoms with Crippen molar-refractivity contribution in [2.24, 2.45) is 5.92 Å². The molecular weight excluding hydrogens is 420 g/mol. The maximum Gasteiger partial charge on any atom is 0.225 e. The molecule has 1 saturated heterocycles. The number of hydrogen-bond acceptors (Lipinski definition) is 6. The topological polar surface area (TPSA) is 67.3 Å². The quantitative estimate of drug-likeness (QED) is 0.575. The molecule has 0 spiro atoms. The second-order valence-electron chi connectivity index (χ2n) is 7.95. The highest BCUT2D eigenvalue weighted by molar-refractivity contribution is 7.99. The Morgan fingerprint density at radius 2 is 1.88 bits per heavy atom. The molecule has 7 heteroatoms. The summed E-state index contributed by atoms with van der Waals surface area (Å²) in [5.74, 6) is 1.68. The first kappa shape index (κ1) is 22.1. The van der Waals surface area contributed by atoms with Gasteiger partial charge in [0.1, 0.15) is 10.8 Å². The van der Waals surface area contributed by atoms with Crippen molar-refractivity contribution in [3.63, 3.8) is 0 Å². The molecule has 1 aliphatic heterocycles. The van der Waals surface area contributed by atoms with Crippen molar-refractivity contribution in [1.29, 1.82) is 0 Å². The number of nitrogens with zero attached hydrogens (tertiary/aromatic N) is 3. The molecule has 1 aromatic heterocycles. The van der Waals surface area contributed by atoms with Crippen LogP contribution in [-0.4, -0.2) is 36.1 Å². The summed E-state index contributed by atoms with van der Waals surface area (Å²) in [6.07, 6.45) is 5.28. The van der Waals surface area contributed by atoms with E-state index in [0.29, 0.717) is 13.1 Å². The van der Waals surface area contributed by atoms with Crippen LogP contribution in [0.3, 0.4) is 0 Å². The highest BCUT2D eigenvalue weighted by Gasteiger charge is 2.28. The molecule has 0 radical (unpaired) electrons. The number of nitrogens with one attached hydrogen (secondary N) is 1. The normalized spacial score (nSPS) is 15.9. The number of ether oxygens (including phenoxy) is 1. The standard InChI is InChI=1S/C25H28N4O2S/c1-18-5-11-22(12-6-18)32-25-23(26-13-14-27-25)29-15-3-4-20(17-29)24(30)28-16-19-7-9-21(31-2)10-8-19/h5-14,20H,3-4,15-17H2,1-2H3,(H,28,30)/t20-/m0/s1. The van der Waals surface area contributed by atoms with Gasteiger partial charge in [-0.1, -0.05) is 41.6 Å². The van der Waals surface area contributed by atoms with Crippen molar-refractivity contribution in [2.75, 3.05) is 25.1 Å². The van der Waals surface area contributed by atoms with E-state index in [1.54, 1.807) is 31.3 Å². The van der Waals surface area contributed by atoms with E-state index < -0.39 is 0 Å². The summed E-state index contributed by atoms with van der Waals surface area (Å²) in [4.78, 5) is 25.4. The van der Waals surface area contributed by atoms with E-state index in [4.69, 9.17) is 4.74 Å². The molecule has 1 N–H and O–H groups in total. The second kappa shape index (κ2) is 10.5. The molecule has 2 aromatic carbocycles. The lowest BCUT2D eigenvalue weighted by molar-refractivity contribution is -0.125. The van der Waals surface area contributed by atoms with Crippen LogP contribution in [0.4, 0.5) is 5.82 Å². The zero-order chi connectivity index (χ0) is 22.3. The third kappa shape index (κ3) is 5.59. The van der Waals surface area contributed by atoms with Gasteiger partial charge in [-0.3, -0.25) is 4.79 Å². The Balaban J connectivity index is 1.40. The first-order chi connectivity index (χ1) is 15.6. The average Bonchev–Trinajstić information content (AvgIpc) is 2.84. The lowest BCUT2D eigenvalue weighted by Crippen LogP contribution is -2.43. The second-order valence-corrected chi connectivity index (χ2v) is 9.01. The summed E-state index contributed by atoms with van der Waals surface area (Å²) >= 11 is 1.61. The van der Waals surface area contributed by atoms with Crippen LogP contribution < -0.4 is 15.0 Å². The van der Waals surface area contributed by atoms with E-state index in [-0.39, 0.29) is 11.8 Å². The van der Waals surface area contributed by atoms with E-state index in [2.05, 4.69) is 51.4 Å². The summed E-state index contributed by atoms with van der Waals surface area (Å²) < 4.78 is 5.19. The van der Waals surface area contributed by atoms with Crippen LogP contribution in [0, 0.1) is 12.8 Å². The predicted octanol–water partition coefficient (Wildman–Crippen LogP) is 4.48. The zero-order valence-electron chi connectivity index (χ0n) is 18.5. The number of aromatic nitrogens is 2. The number of rotatable bonds is 7. The molecule has 0 aliphatic carbocycles. The molecule has 0 saturated carbocycles. The van der Waals surface area contributed by atoms with Crippen LogP contribution in [0.15, 0.2) is 70.8 Å². The Morgan fingerprint density at radius 1 is 1.12 bits per heavy atom. The predicted molar refractivity (Wildman–Crippen MR) is 127 cm³/mol. The number of piperidine rings is 1. The molecule has 32 heavy (non-hydrogen) atoms. The van der Waals surface area contributed by atoms with Gasteiger partial charge in [-0.2, -0.15) is 0 Å². The largest absolute Gasteiger partial charge is 0.497 e. The first-order valence-corrected chi connectivity index (χ1v) is 11.6. The maximum absolute atomic E-state index is 12.9.